The highest BCUT2D eigenvalue weighted by molar-refractivity contribution is 5.67. The first-order valence-electron chi connectivity index (χ1n) is 12.1. The second-order valence-corrected chi connectivity index (χ2v) is 8.36. The van der Waals surface area contributed by atoms with Crippen LogP contribution in [0.25, 0.3) is 0 Å². The summed E-state index contributed by atoms with van der Waals surface area (Å²) in [5.74, 6) is 0. The predicted molar refractivity (Wildman–Crippen MR) is 141 cm³/mol. The molecule has 2 fully saturated rings. The number of carbonyl (C=O) groups excluding carboxylic acids is 1. The third kappa shape index (κ3) is 16.9. The Morgan fingerprint density at radius 3 is 2.06 bits per heavy atom. The number of carbonyl (C=O) groups is 1. The summed E-state index contributed by atoms with van der Waals surface area (Å²) in [6, 6.07) is 9.71. The highest BCUT2D eigenvalue weighted by Gasteiger charge is 2.17. The van der Waals surface area contributed by atoms with Crippen LogP contribution in [0.1, 0.15) is 84.6 Å². The second kappa shape index (κ2) is 23.1. The standard InChI is InChI=1S/C16H23NO3.C8H17NO.CH4O.2CH4/c18-15-9-4-5-11-17(12-6-10-15)16(19)20-13-14-7-2-1-3-8-14;10-8-4-1-2-6-9-7-3-5-8;1-2;;/h1-3,7-8,15,18H,4-6,9-13H2;8-10H,1-7H2;2H,1H3;2*1H4. The van der Waals surface area contributed by atoms with Gasteiger partial charge in [-0.25, -0.2) is 4.79 Å². The third-order valence-corrected chi connectivity index (χ3v) is 5.68. The van der Waals surface area contributed by atoms with Crippen LogP contribution < -0.4 is 5.32 Å². The molecule has 1 aromatic rings. The SMILES string of the molecule is C.C.CO.O=C(OCc1ccccc1)N1CCCCC(O)CCC1.OC1CCCCNCCC1. The average Bonchev–Trinajstić information content (AvgIpc) is 3.02. The smallest absolute Gasteiger partial charge is 0.410 e. The summed E-state index contributed by atoms with van der Waals surface area (Å²) in [6.07, 6.45) is 9.35. The monoisotopic (exact) mass is 484 g/mol. The molecule has 0 bridgehead atoms. The van der Waals surface area contributed by atoms with Gasteiger partial charge in [-0.15, -0.1) is 0 Å². The molecule has 2 saturated heterocycles. The summed E-state index contributed by atoms with van der Waals surface area (Å²) in [6.45, 7) is 3.92. The maximum atomic E-state index is 12.1. The van der Waals surface area contributed by atoms with E-state index < -0.39 is 0 Å². The van der Waals surface area contributed by atoms with Gasteiger partial charge in [0, 0.05) is 20.2 Å². The molecule has 2 unspecified atom stereocenters. The predicted octanol–water partition coefficient (Wildman–Crippen LogP) is 4.73. The van der Waals surface area contributed by atoms with E-state index in [1.165, 1.54) is 12.8 Å². The van der Waals surface area contributed by atoms with E-state index in [1.54, 1.807) is 4.90 Å². The molecule has 3 rings (SSSR count). The molecule has 7 nitrogen and oxygen atoms in total. The van der Waals surface area contributed by atoms with E-state index in [-0.39, 0.29) is 33.2 Å². The molecule has 0 radical (unpaired) electrons. The molecule has 1 amide bonds. The zero-order valence-corrected chi connectivity index (χ0v) is 19.8. The lowest BCUT2D eigenvalue weighted by Crippen LogP contribution is -2.33. The van der Waals surface area contributed by atoms with Crippen molar-refractivity contribution in [3.05, 3.63) is 35.9 Å². The van der Waals surface area contributed by atoms with Crippen LogP contribution in [0.5, 0.6) is 0 Å². The van der Waals surface area contributed by atoms with Crippen molar-refractivity contribution in [3.63, 3.8) is 0 Å². The molecule has 0 aromatic heterocycles. The third-order valence-electron chi connectivity index (χ3n) is 5.68. The van der Waals surface area contributed by atoms with Crippen molar-refractivity contribution in [3.8, 4) is 0 Å². The van der Waals surface area contributed by atoms with Gasteiger partial charge in [-0.1, -0.05) is 45.2 Å². The molecule has 7 heteroatoms. The van der Waals surface area contributed by atoms with Gasteiger partial charge in [0.2, 0.25) is 0 Å². The topological polar surface area (TPSA) is 102 Å². The van der Waals surface area contributed by atoms with Gasteiger partial charge < -0.3 is 30.3 Å². The van der Waals surface area contributed by atoms with Crippen LogP contribution in [0, 0.1) is 0 Å². The Balaban J connectivity index is 0. The Labute approximate surface area is 208 Å². The fraction of sp³-hybridized carbons (Fsp3) is 0.741. The van der Waals surface area contributed by atoms with Gasteiger partial charge in [-0.2, -0.15) is 0 Å². The molecule has 2 atom stereocenters. The molecule has 200 valence electrons. The number of ether oxygens (including phenoxy) is 1. The normalized spacial score (nSPS) is 21.2. The molecule has 34 heavy (non-hydrogen) atoms. The van der Waals surface area contributed by atoms with Gasteiger partial charge in [0.25, 0.3) is 0 Å². The highest BCUT2D eigenvalue weighted by atomic mass is 16.6. The van der Waals surface area contributed by atoms with Crippen LogP contribution in [0.2, 0.25) is 0 Å². The van der Waals surface area contributed by atoms with Crippen molar-refractivity contribution < 1.29 is 24.9 Å². The molecular formula is C27H52N2O5. The van der Waals surface area contributed by atoms with Crippen LogP contribution in [0.4, 0.5) is 4.79 Å². The molecule has 2 heterocycles. The lowest BCUT2D eigenvalue weighted by molar-refractivity contribution is 0.0945. The number of amides is 1. The van der Waals surface area contributed by atoms with Crippen molar-refractivity contribution >= 4 is 6.09 Å². The maximum absolute atomic E-state index is 12.1. The number of nitrogens with zero attached hydrogens (tertiary/aromatic N) is 1. The fourth-order valence-corrected chi connectivity index (χ4v) is 3.81. The van der Waals surface area contributed by atoms with Crippen LogP contribution >= 0.6 is 0 Å². The van der Waals surface area contributed by atoms with Crippen molar-refractivity contribution in [1.82, 2.24) is 10.2 Å². The van der Waals surface area contributed by atoms with Gasteiger partial charge in [-0.05, 0) is 82.9 Å². The summed E-state index contributed by atoms with van der Waals surface area (Å²) >= 11 is 0. The van der Waals surface area contributed by atoms with Crippen LogP contribution in [0.3, 0.4) is 0 Å². The lowest BCUT2D eigenvalue weighted by Gasteiger charge is -2.21. The number of rotatable bonds is 2. The quantitative estimate of drug-likeness (QED) is 0.484. The molecule has 2 aliphatic heterocycles. The summed E-state index contributed by atoms with van der Waals surface area (Å²) in [4.78, 5) is 13.8. The Morgan fingerprint density at radius 1 is 0.853 bits per heavy atom. The van der Waals surface area contributed by atoms with E-state index in [0.717, 1.165) is 83.7 Å². The first-order chi connectivity index (χ1) is 15.6. The number of benzene rings is 1. The van der Waals surface area contributed by atoms with E-state index in [0.29, 0.717) is 13.2 Å². The van der Waals surface area contributed by atoms with Gasteiger partial charge in [-0.3, -0.25) is 0 Å². The molecule has 0 spiro atoms. The van der Waals surface area contributed by atoms with E-state index in [9.17, 15) is 15.0 Å². The number of nitrogens with one attached hydrogen (secondary N) is 1. The van der Waals surface area contributed by atoms with Crippen LogP contribution in [0.15, 0.2) is 30.3 Å². The van der Waals surface area contributed by atoms with Crippen LogP contribution in [-0.4, -0.2) is 71.8 Å². The first-order valence-corrected chi connectivity index (χ1v) is 12.1. The summed E-state index contributed by atoms with van der Waals surface area (Å²) in [7, 11) is 1.00. The van der Waals surface area contributed by atoms with Gasteiger partial charge in [0.05, 0.1) is 12.2 Å². The second-order valence-electron chi connectivity index (χ2n) is 8.36. The minimum atomic E-state index is -0.245. The van der Waals surface area contributed by atoms with E-state index >= 15 is 0 Å². The summed E-state index contributed by atoms with van der Waals surface area (Å²) < 4.78 is 5.36. The molecule has 0 aliphatic carbocycles. The van der Waals surface area contributed by atoms with Crippen molar-refractivity contribution in [2.75, 3.05) is 33.3 Å². The number of aliphatic hydroxyl groups excluding tert-OH is 3. The van der Waals surface area contributed by atoms with Crippen molar-refractivity contribution in [2.24, 2.45) is 0 Å². The average molecular weight is 485 g/mol. The Kier molecular flexibility index (Phi) is 23.4. The summed E-state index contributed by atoms with van der Waals surface area (Å²) in [5.41, 5.74) is 1.00. The fourth-order valence-electron chi connectivity index (χ4n) is 3.81. The molecule has 2 aliphatic rings. The van der Waals surface area contributed by atoms with Gasteiger partial charge >= 0.3 is 6.09 Å². The lowest BCUT2D eigenvalue weighted by atomic mass is 10.1. The Hall–Kier alpha value is -1.67. The largest absolute Gasteiger partial charge is 0.445 e. The van der Waals surface area contributed by atoms with Gasteiger partial charge in [0.15, 0.2) is 0 Å². The molecule has 1 aromatic carbocycles. The minimum absolute atomic E-state index is 0. The van der Waals surface area contributed by atoms with E-state index in [4.69, 9.17) is 9.84 Å². The molecule has 4 N–H and O–H groups in total. The summed E-state index contributed by atoms with van der Waals surface area (Å²) in [5, 5.41) is 29.3. The van der Waals surface area contributed by atoms with Gasteiger partial charge in [0.1, 0.15) is 6.61 Å². The van der Waals surface area contributed by atoms with Crippen molar-refractivity contribution in [1.29, 1.82) is 0 Å². The minimum Gasteiger partial charge on any atom is -0.445 e. The van der Waals surface area contributed by atoms with Crippen LogP contribution in [-0.2, 0) is 11.3 Å². The first kappa shape index (κ1) is 34.5. The maximum Gasteiger partial charge on any atom is 0.410 e. The Morgan fingerprint density at radius 2 is 1.38 bits per heavy atom. The zero-order chi connectivity index (χ0) is 23.4. The Bertz CT molecular complexity index is 563. The zero-order valence-electron chi connectivity index (χ0n) is 19.8. The number of hydrogen-bond donors (Lipinski definition) is 4. The number of hydrogen-bond acceptors (Lipinski definition) is 6. The van der Waals surface area contributed by atoms with E-state index in [2.05, 4.69) is 5.32 Å². The van der Waals surface area contributed by atoms with E-state index in [1.807, 2.05) is 30.3 Å². The molecule has 0 saturated carbocycles. The van der Waals surface area contributed by atoms with Crippen molar-refractivity contribution in [2.45, 2.75) is 97.9 Å². The number of aliphatic hydroxyl groups is 3. The molecular weight excluding hydrogens is 432 g/mol. The highest BCUT2D eigenvalue weighted by Crippen LogP contribution is 2.13.